The highest BCUT2D eigenvalue weighted by atomic mass is 16.3. The first-order valence-corrected chi connectivity index (χ1v) is 7.68. The van der Waals surface area contributed by atoms with E-state index in [-0.39, 0.29) is 17.7 Å². The topological polar surface area (TPSA) is 49.3 Å². The van der Waals surface area contributed by atoms with Gasteiger partial charge in [-0.2, -0.15) is 0 Å². The Morgan fingerprint density at radius 2 is 1.90 bits per heavy atom. The molecule has 0 heterocycles. The summed E-state index contributed by atoms with van der Waals surface area (Å²) in [5, 5.41) is 15.0. The molecule has 1 aliphatic carbocycles. The van der Waals surface area contributed by atoms with Gasteiger partial charge in [0.1, 0.15) is 5.75 Å². The van der Waals surface area contributed by atoms with E-state index in [1.807, 2.05) is 30.3 Å². The van der Waals surface area contributed by atoms with Gasteiger partial charge in [0.05, 0.1) is 5.56 Å². The van der Waals surface area contributed by atoms with Gasteiger partial charge in [-0.3, -0.25) is 4.79 Å². The van der Waals surface area contributed by atoms with E-state index in [1.165, 1.54) is 25.7 Å². The lowest BCUT2D eigenvalue weighted by molar-refractivity contribution is 0.0925. The average molecular weight is 283 g/mol. The third kappa shape index (κ3) is 2.73. The lowest BCUT2D eigenvalue weighted by Crippen LogP contribution is -2.37. The number of hydrogen-bond acceptors (Lipinski definition) is 2. The third-order valence-corrected chi connectivity index (χ3v) is 4.61. The number of carbonyl (C=O) groups is 1. The molecule has 0 bridgehead atoms. The van der Waals surface area contributed by atoms with Crippen LogP contribution in [0.4, 0.5) is 0 Å². The molecule has 0 saturated heterocycles. The van der Waals surface area contributed by atoms with Gasteiger partial charge in [0.2, 0.25) is 0 Å². The Hall–Kier alpha value is -2.03. The van der Waals surface area contributed by atoms with Crippen LogP contribution in [0.25, 0.3) is 10.8 Å². The molecule has 0 spiro atoms. The summed E-state index contributed by atoms with van der Waals surface area (Å²) < 4.78 is 0. The Labute approximate surface area is 125 Å². The predicted octanol–water partition coefficient (Wildman–Crippen LogP) is 3.85. The summed E-state index contributed by atoms with van der Waals surface area (Å²) >= 11 is 0. The van der Waals surface area contributed by atoms with E-state index in [4.69, 9.17) is 0 Å². The molecule has 1 amide bonds. The van der Waals surface area contributed by atoms with Crippen LogP contribution in [-0.2, 0) is 0 Å². The quantitative estimate of drug-likeness (QED) is 0.898. The van der Waals surface area contributed by atoms with Gasteiger partial charge in [-0.1, -0.05) is 43.2 Å². The van der Waals surface area contributed by atoms with E-state index in [2.05, 4.69) is 12.2 Å². The van der Waals surface area contributed by atoms with Gasteiger partial charge >= 0.3 is 0 Å². The number of phenolic OH excluding ortho intramolecular Hbond substituents is 1. The summed E-state index contributed by atoms with van der Waals surface area (Å²) in [6.07, 6.45) is 4.88. The number of fused-ring (bicyclic) bond motifs is 1. The van der Waals surface area contributed by atoms with Crippen LogP contribution in [-0.4, -0.2) is 17.1 Å². The lowest BCUT2D eigenvalue weighted by Gasteiger charge is -2.20. The maximum Gasteiger partial charge on any atom is 0.255 e. The first-order chi connectivity index (χ1) is 10.2. The van der Waals surface area contributed by atoms with Gasteiger partial charge in [-0.05, 0) is 37.1 Å². The van der Waals surface area contributed by atoms with E-state index in [9.17, 15) is 9.90 Å². The fraction of sp³-hybridized carbons (Fsp3) is 0.389. The van der Waals surface area contributed by atoms with Crippen LogP contribution in [0.3, 0.4) is 0 Å². The summed E-state index contributed by atoms with van der Waals surface area (Å²) in [7, 11) is 0. The van der Waals surface area contributed by atoms with Crippen molar-refractivity contribution in [3.05, 3.63) is 42.0 Å². The molecule has 110 valence electrons. The van der Waals surface area contributed by atoms with Gasteiger partial charge in [0, 0.05) is 11.4 Å². The second-order valence-corrected chi connectivity index (χ2v) is 5.99. The molecule has 0 aromatic heterocycles. The molecule has 1 atom stereocenters. The molecule has 0 aliphatic heterocycles. The number of aromatic hydroxyl groups is 1. The first-order valence-electron chi connectivity index (χ1n) is 7.68. The van der Waals surface area contributed by atoms with Crippen molar-refractivity contribution in [2.24, 2.45) is 5.92 Å². The summed E-state index contributed by atoms with van der Waals surface area (Å²) in [6.45, 7) is 2.06. The van der Waals surface area contributed by atoms with Crippen molar-refractivity contribution < 1.29 is 9.90 Å². The molecular weight excluding hydrogens is 262 g/mol. The highest BCUT2D eigenvalue weighted by Crippen LogP contribution is 2.30. The van der Waals surface area contributed by atoms with E-state index in [1.54, 1.807) is 6.07 Å². The molecule has 0 radical (unpaired) electrons. The molecule has 1 unspecified atom stereocenters. The molecule has 1 aliphatic rings. The van der Waals surface area contributed by atoms with Crippen molar-refractivity contribution in [2.45, 2.75) is 38.6 Å². The van der Waals surface area contributed by atoms with Gasteiger partial charge in [-0.25, -0.2) is 0 Å². The minimum Gasteiger partial charge on any atom is -0.506 e. The van der Waals surface area contributed by atoms with Crippen LogP contribution in [0.1, 0.15) is 43.0 Å². The average Bonchev–Trinajstić information content (AvgIpc) is 3.02. The number of rotatable bonds is 3. The van der Waals surface area contributed by atoms with Crippen molar-refractivity contribution in [1.29, 1.82) is 0 Å². The van der Waals surface area contributed by atoms with Gasteiger partial charge in [0.15, 0.2) is 0 Å². The molecule has 21 heavy (non-hydrogen) atoms. The monoisotopic (exact) mass is 283 g/mol. The zero-order chi connectivity index (χ0) is 14.8. The van der Waals surface area contributed by atoms with Crippen LogP contribution in [0.5, 0.6) is 5.75 Å². The Morgan fingerprint density at radius 1 is 1.19 bits per heavy atom. The van der Waals surface area contributed by atoms with Crippen molar-refractivity contribution in [2.75, 3.05) is 0 Å². The number of phenols is 1. The lowest BCUT2D eigenvalue weighted by atomic mass is 9.99. The van der Waals surface area contributed by atoms with Crippen molar-refractivity contribution in [3.8, 4) is 5.75 Å². The number of nitrogens with one attached hydrogen (secondary N) is 1. The van der Waals surface area contributed by atoms with E-state index >= 15 is 0 Å². The molecule has 1 fully saturated rings. The Balaban J connectivity index is 1.82. The van der Waals surface area contributed by atoms with E-state index < -0.39 is 0 Å². The predicted molar refractivity (Wildman–Crippen MR) is 84.5 cm³/mol. The maximum absolute atomic E-state index is 12.4. The molecule has 1 saturated carbocycles. The number of benzene rings is 2. The molecule has 2 aromatic rings. The van der Waals surface area contributed by atoms with Crippen LogP contribution in [0.2, 0.25) is 0 Å². The second kappa shape index (κ2) is 5.76. The van der Waals surface area contributed by atoms with Crippen molar-refractivity contribution in [1.82, 2.24) is 5.32 Å². The Bertz CT molecular complexity index is 659. The molecule has 3 heteroatoms. The SMILES string of the molecule is CC(NC(=O)c1ccc2ccccc2c1O)C1CCCC1. The minimum absolute atomic E-state index is 0.0734. The largest absolute Gasteiger partial charge is 0.506 e. The molecule has 3 rings (SSSR count). The number of carbonyl (C=O) groups excluding carboxylic acids is 1. The van der Waals surface area contributed by atoms with E-state index in [0.717, 1.165) is 10.8 Å². The summed E-state index contributed by atoms with van der Waals surface area (Å²) in [6, 6.07) is 11.3. The van der Waals surface area contributed by atoms with E-state index in [0.29, 0.717) is 11.5 Å². The first kappa shape index (κ1) is 13.9. The van der Waals surface area contributed by atoms with Crippen LogP contribution < -0.4 is 5.32 Å². The maximum atomic E-state index is 12.4. The second-order valence-electron chi connectivity index (χ2n) is 5.99. The molecule has 2 N–H and O–H groups in total. The molecular formula is C18H21NO2. The summed E-state index contributed by atoms with van der Waals surface area (Å²) in [5.74, 6) is 0.457. The number of amides is 1. The van der Waals surface area contributed by atoms with Crippen LogP contribution in [0, 0.1) is 5.92 Å². The Kier molecular flexibility index (Phi) is 3.82. The van der Waals surface area contributed by atoms with Crippen LogP contribution in [0.15, 0.2) is 36.4 Å². The summed E-state index contributed by atoms with van der Waals surface area (Å²) in [4.78, 5) is 12.4. The number of hydrogen-bond donors (Lipinski definition) is 2. The fourth-order valence-electron chi connectivity index (χ4n) is 3.30. The smallest absolute Gasteiger partial charge is 0.255 e. The minimum atomic E-state index is -0.183. The molecule has 2 aromatic carbocycles. The van der Waals surface area contributed by atoms with Gasteiger partial charge < -0.3 is 10.4 Å². The Morgan fingerprint density at radius 3 is 2.67 bits per heavy atom. The van der Waals surface area contributed by atoms with Crippen molar-refractivity contribution >= 4 is 16.7 Å². The standard InChI is InChI=1S/C18H21NO2/c1-12(13-6-2-3-7-13)19-18(21)16-11-10-14-8-4-5-9-15(14)17(16)20/h4-5,8-13,20H,2-3,6-7H2,1H3,(H,19,21). The third-order valence-electron chi connectivity index (χ3n) is 4.61. The zero-order valence-electron chi connectivity index (χ0n) is 12.3. The molecule has 3 nitrogen and oxygen atoms in total. The summed E-state index contributed by atoms with van der Waals surface area (Å²) in [5.41, 5.74) is 0.360. The van der Waals surface area contributed by atoms with Gasteiger partial charge in [-0.15, -0.1) is 0 Å². The zero-order valence-corrected chi connectivity index (χ0v) is 12.3. The highest BCUT2D eigenvalue weighted by molar-refractivity contribution is 6.03. The fourth-order valence-corrected chi connectivity index (χ4v) is 3.30. The van der Waals surface area contributed by atoms with Gasteiger partial charge in [0.25, 0.3) is 5.91 Å². The highest BCUT2D eigenvalue weighted by Gasteiger charge is 2.24. The van der Waals surface area contributed by atoms with Crippen LogP contribution >= 0.6 is 0 Å². The van der Waals surface area contributed by atoms with Crippen molar-refractivity contribution in [3.63, 3.8) is 0 Å². The normalized spacial score (nSPS) is 17.0.